The highest BCUT2D eigenvalue weighted by Crippen LogP contribution is 2.23. The van der Waals surface area contributed by atoms with Crippen molar-refractivity contribution >= 4 is 46.6 Å². The van der Waals surface area contributed by atoms with Crippen LogP contribution in [-0.2, 0) is 4.79 Å². The molecule has 130 valence electrons. The summed E-state index contributed by atoms with van der Waals surface area (Å²) in [5.74, 6) is 0.396. The number of carbonyl (C=O) groups is 1. The summed E-state index contributed by atoms with van der Waals surface area (Å²) in [4.78, 5) is 16.5. The Balaban J connectivity index is 1.61. The van der Waals surface area contributed by atoms with Crippen LogP contribution in [0.5, 0.6) is 0 Å². The second kappa shape index (κ2) is 8.23. The van der Waals surface area contributed by atoms with Gasteiger partial charge in [0.05, 0.1) is 17.0 Å². The molecule has 1 heterocycles. The van der Waals surface area contributed by atoms with Crippen LogP contribution in [0.1, 0.15) is 5.56 Å². The summed E-state index contributed by atoms with van der Waals surface area (Å²) in [6, 6.07) is 13.9. The molecule has 0 atom stereocenters. The first kappa shape index (κ1) is 18.3. The van der Waals surface area contributed by atoms with Gasteiger partial charge in [-0.1, -0.05) is 35.0 Å². The van der Waals surface area contributed by atoms with Gasteiger partial charge >= 0.3 is 0 Å². The highest BCUT2D eigenvalue weighted by molar-refractivity contribution is 7.99. The van der Waals surface area contributed by atoms with Crippen molar-refractivity contribution in [1.82, 2.24) is 15.2 Å². The number of anilines is 1. The van der Waals surface area contributed by atoms with Crippen molar-refractivity contribution in [2.24, 2.45) is 0 Å². The molecule has 0 spiro atoms. The Morgan fingerprint density at radius 1 is 1.19 bits per heavy atom. The predicted octanol–water partition coefficient (Wildman–Crippen LogP) is 4.38. The minimum atomic E-state index is -0.286. The largest absolute Gasteiger partial charge is 0.324 e. The Hall–Kier alpha value is -2.53. The van der Waals surface area contributed by atoms with Gasteiger partial charge in [-0.15, -0.1) is 5.10 Å². The van der Waals surface area contributed by atoms with E-state index in [0.29, 0.717) is 32.3 Å². The van der Waals surface area contributed by atoms with Gasteiger partial charge in [-0.3, -0.25) is 9.89 Å². The van der Waals surface area contributed by atoms with Crippen molar-refractivity contribution in [3.8, 4) is 17.5 Å². The quantitative estimate of drug-likeness (QED) is 0.616. The number of rotatable bonds is 5. The summed E-state index contributed by atoms with van der Waals surface area (Å²) in [5.41, 5.74) is 1.56. The first-order valence-electron chi connectivity index (χ1n) is 7.36. The van der Waals surface area contributed by atoms with E-state index in [4.69, 9.17) is 28.5 Å². The third-order valence-electron chi connectivity index (χ3n) is 3.29. The maximum atomic E-state index is 12.1. The number of benzene rings is 2. The maximum absolute atomic E-state index is 12.1. The monoisotopic (exact) mass is 403 g/mol. The van der Waals surface area contributed by atoms with Crippen LogP contribution in [0, 0.1) is 11.3 Å². The van der Waals surface area contributed by atoms with Gasteiger partial charge in [0.1, 0.15) is 6.07 Å². The van der Waals surface area contributed by atoms with Gasteiger partial charge in [0.25, 0.3) is 0 Å². The van der Waals surface area contributed by atoms with E-state index in [-0.39, 0.29) is 11.7 Å². The molecule has 0 aliphatic carbocycles. The topological polar surface area (TPSA) is 94.5 Å². The summed E-state index contributed by atoms with van der Waals surface area (Å²) < 4.78 is 0. The van der Waals surface area contributed by atoms with Gasteiger partial charge in [0.15, 0.2) is 5.82 Å². The molecule has 6 nitrogen and oxygen atoms in total. The van der Waals surface area contributed by atoms with E-state index in [1.807, 2.05) is 18.2 Å². The minimum absolute atomic E-state index is 0.0926. The number of H-pyrrole nitrogens is 1. The van der Waals surface area contributed by atoms with Gasteiger partial charge in [0, 0.05) is 15.6 Å². The fourth-order valence-electron chi connectivity index (χ4n) is 2.08. The van der Waals surface area contributed by atoms with Crippen LogP contribution < -0.4 is 5.32 Å². The maximum Gasteiger partial charge on any atom is 0.234 e. The van der Waals surface area contributed by atoms with Gasteiger partial charge in [0.2, 0.25) is 11.1 Å². The van der Waals surface area contributed by atoms with Crippen LogP contribution in [-0.4, -0.2) is 26.8 Å². The second-order valence-electron chi connectivity index (χ2n) is 5.11. The van der Waals surface area contributed by atoms with Crippen LogP contribution in [0.25, 0.3) is 11.4 Å². The van der Waals surface area contributed by atoms with Crippen molar-refractivity contribution < 1.29 is 4.79 Å². The standard InChI is InChI=1S/C17H11Cl2N5OS/c18-12-4-1-10(2-5-12)16-22-17(24-23-16)26-9-15(25)21-14-7-13(19)6-3-11(14)8-20/h1-7H,9H2,(H,21,25)(H,22,23,24). The number of hydrogen-bond acceptors (Lipinski definition) is 5. The zero-order valence-electron chi connectivity index (χ0n) is 13.2. The number of aromatic amines is 1. The lowest BCUT2D eigenvalue weighted by Gasteiger charge is -2.06. The third kappa shape index (κ3) is 4.55. The van der Waals surface area contributed by atoms with E-state index in [0.717, 1.165) is 5.56 Å². The summed E-state index contributed by atoms with van der Waals surface area (Å²) in [6.07, 6.45) is 0. The van der Waals surface area contributed by atoms with Crippen molar-refractivity contribution in [2.75, 3.05) is 11.1 Å². The summed E-state index contributed by atoms with van der Waals surface area (Å²) in [6.45, 7) is 0. The Bertz CT molecular complexity index is 982. The average molecular weight is 404 g/mol. The number of halogens is 2. The molecule has 0 bridgehead atoms. The number of nitrogens with zero attached hydrogens (tertiary/aromatic N) is 3. The molecule has 9 heteroatoms. The smallest absolute Gasteiger partial charge is 0.234 e. The van der Waals surface area contributed by atoms with Crippen LogP contribution in [0.15, 0.2) is 47.6 Å². The molecule has 3 aromatic rings. The Morgan fingerprint density at radius 2 is 1.92 bits per heavy atom. The lowest BCUT2D eigenvalue weighted by atomic mass is 10.2. The normalized spacial score (nSPS) is 10.3. The van der Waals surface area contributed by atoms with E-state index in [1.54, 1.807) is 24.3 Å². The fraction of sp³-hybridized carbons (Fsp3) is 0.0588. The Labute approximate surface area is 163 Å². The molecule has 1 aromatic heterocycles. The van der Waals surface area contributed by atoms with Crippen LogP contribution in [0.2, 0.25) is 10.0 Å². The highest BCUT2D eigenvalue weighted by Gasteiger charge is 2.11. The molecule has 0 aliphatic rings. The lowest BCUT2D eigenvalue weighted by molar-refractivity contribution is -0.113. The van der Waals surface area contributed by atoms with Crippen molar-refractivity contribution in [3.63, 3.8) is 0 Å². The van der Waals surface area contributed by atoms with Crippen molar-refractivity contribution in [1.29, 1.82) is 5.26 Å². The Morgan fingerprint density at radius 3 is 2.65 bits per heavy atom. The molecule has 0 aliphatic heterocycles. The van der Waals surface area contributed by atoms with Crippen LogP contribution >= 0.6 is 35.0 Å². The highest BCUT2D eigenvalue weighted by atomic mass is 35.5. The molecule has 0 unspecified atom stereocenters. The number of thioether (sulfide) groups is 1. The second-order valence-corrected chi connectivity index (χ2v) is 6.93. The molecule has 3 rings (SSSR count). The predicted molar refractivity (Wildman–Crippen MR) is 102 cm³/mol. The van der Waals surface area contributed by atoms with Crippen LogP contribution in [0.4, 0.5) is 5.69 Å². The van der Waals surface area contributed by atoms with Crippen LogP contribution in [0.3, 0.4) is 0 Å². The fourth-order valence-corrected chi connectivity index (χ4v) is 2.98. The van der Waals surface area contributed by atoms with Gasteiger partial charge < -0.3 is 5.32 Å². The van der Waals surface area contributed by atoms with E-state index >= 15 is 0 Å². The lowest BCUT2D eigenvalue weighted by Crippen LogP contribution is -2.15. The Kier molecular flexibility index (Phi) is 5.78. The summed E-state index contributed by atoms with van der Waals surface area (Å²) in [5, 5.41) is 20.2. The summed E-state index contributed by atoms with van der Waals surface area (Å²) >= 11 is 12.9. The molecular weight excluding hydrogens is 393 g/mol. The number of carbonyl (C=O) groups excluding carboxylic acids is 1. The van der Waals surface area contributed by atoms with Gasteiger partial charge in [-0.2, -0.15) is 5.26 Å². The van der Waals surface area contributed by atoms with Crippen molar-refractivity contribution in [2.45, 2.75) is 5.16 Å². The number of amides is 1. The molecule has 0 saturated heterocycles. The zero-order chi connectivity index (χ0) is 18.5. The molecule has 0 radical (unpaired) electrons. The molecule has 2 N–H and O–H groups in total. The van der Waals surface area contributed by atoms with E-state index in [2.05, 4.69) is 20.5 Å². The van der Waals surface area contributed by atoms with Gasteiger partial charge in [-0.25, -0.2) is 4.98 Å². The number of nitrogens with one attached hydrogen (secondary N) is 2. The van der Waals surface area contributed by atoms with Crippen molar-refractivity contribution in [3.05, 3.63) is 58.1 Å². The molecule has 2 aromatic carbocycles. The molecular formula is C17H11Cl2N5OS. The minimum Gasteiger partial charge on any atom is -0.324 e. The molecule has 1 amide bonds. The number of hydrogen-bond donors (Lipinski definition) is 2. The molecule has 0 fully saturated rings. The van der Waals surface area contributed by atoms with E-state index < -0.39 is 0 Å². The summed E-state index contributed by atoms with van der Waals surface area (Å²) in [7, 11) is 0. The average Bonchev–Trinajstić information content (AvgIpc) is 3.10. The number of nitriles is 1. The third-order valence-corrected chi connectivity index (χ3v) is 4.63. The molecule has 26 heavy (non-hydrogen) atoms. The molecule has 0 saturated carbocycles. The SMILES string of the molecule is N#Cc1ccc(Cl)cc1NC(=O)CSc1n[nH]c(-c2ccc(Cl)cc2)n1. The first-order chi connectivity index (χ1) is 12.5. The van der Waals surface area contributed by atoms with E-state index in [9.17, 15) is 4.79 Å². The van der Waals surface area contributed by atoms with Gasteiger partial charge in [-0.05, 0) is 42.5 Å². The van der Waals surface area contributed by atoms with E-state index in [1.165, 1.54) is 17.8 Å². The number of aromatic nitrogens is 3. The first-order valence-corrected chi connectivity index (χ1v) is 9.10. The zero-order valence-corrected chi connectivity index (χ0v) is 15.5.